The summed E-state index contributed by atoms with van der Waals surface area (Å²) in [6.45, 7) is 3.44. The molecule has 76 valence electrons. The molecular weight excluding hydrogens is 176 g/mol. The first-order chi connectivity index (χ1) is 6.70. The fraction of sp³-hybridized carbons (Fsp3) is 0.333. The average Bonchev–Trinajstić information content (AvgIpc) is 2.17. The van der Waals surface area contributed by atoms with Crippen molar-refractivity contribution in [3.05, 3.63) is 42.2 Å². The predicted molar refractivity (Wildman–Crippen MR) is 57.3 cm³/mol. The highest BCUT2D eigenvalue weighted by molar-refractivity contribution is 5.36. The summed E-state index contributed by atoms with van der Waals surface area (Å²) in [5.74, 6) is 0.991. The van der Waals surface area contributed by atoms with Crippen LogP contribution in [0.3, 0.4) is 0 Å². The molecule has 14 heavy (non-hydrogen) atoms. The van der Waals surface area contributed by atoms with Crippen molar-refractivity contribution in [3.63, 3.8) is 0 Å². The first-order valence-electron chi connectivity index (χ1n) is 4.78. The van der Waals surface area contributed by atoms with E-state index >= 15 is 0 Å². The van der Waals surface area contributed by atoms with Gasteiger partial charge in [0.15, 0.2) is 0 Å². The standard InChI is InChI=1S/C9H8O.C3H8O/c1-2-6-9-8(4-1)5-3-7-10-9;1-3(2)4/h1-4,6-7H,5H2;3-4H,1-2H3. The van der Waals surface area contributed by atoms with Gasteiger partial charge in [0.05, 0.1) is 6.26 Å². The van der Waals surface area contributed by atoms with Crippen LogP contribution in [0, 0.1) is 0 Å². The maximum Gasteiger partial charge on any atom is 0.130 e. The Morgan fingerprint density at radius 2 is 1.93 bits per heavy atom. The number of hydrogen-bond acceptors (Lipinski definition) is 2. The van der Waals surface area contributed by atoms with Crippen molar-refractivity contribution in [2.45, 2.75) is 26.4 Å². The number of hydrogen-bond donors (Lipinski definition) is 1. The van der Waals surface area contributed by atoms with E-state index < -0.39 is 0 Å². The minimum absolute atomic E-state index is 0.167. The lowest BCUT2D eigenvalue weighted by molar-refractivity contribution is 0.216. The second-order valence-corrected chi connectivity index (χ2v) is 3.40. The Balaban J connectivity index is 0.000000213. The van der Waals surface area contributed by atoms with E-state index in [1.807, 2.05) is 24.3 Å². The molecule has 1 aliphatic heterocycles. The highest BCUT2D eigenvalue weighted by atomic mass is 16.5. The molecule has 1 aromatic rings. The van der Waals surface area contributed by atoms with Crippen LogP contribution in [-0.4, -0.2) is 11.2 Å². The third-order valence-corrected chi connectivity index (χ3v) is 1.60. The summed E-state index contributed by atoms with van der Waals surface area (Å²) in [4.78, 5) is 0. The molecule has 0 radical (unpaired) electrons. The largest absolute Gasteiger partial charge is 0.465 e. The fourth-order valence-electron chi connectivity index (χ4n) is 1.08. The summed E-state index contributed by atoms with van der Waals surface area (Å²) in [6, 6.07) is 8.08. The molecule has 0 fully saturated rings. The van der Waals surface area contributed by atoms with Gasteiger partial charge in [0.1, 0.15) is 5.75 Å². The normalized spacial score (nSPS) is 12.6. The van der Waals surface area contributed by atoms with Crippen molar-refractivity contribution in [2.75, 3.05) is 0 Å². The molecule has 0 aliphatic carbocycles. The lowest BCUT2D eigenvalue weighted by Crippen LogP contribution is -1.94. The zero-order valence-electron chi connectivity index (χ0n) is 8.60. The van der Waals surface area contributed by atoms with Gasteiger partial charge >= 0.3 is 0 Å². The van der Waals surface area contributed by atoms with Crippen molar-refractivity contribution in [1.82, 2.24) is 0 Å². The highest BCUT2D eigenvalue weighted by Gasteiger charge is 2.02. The minimum atomic E-state index is -0.167. The van der Waals surface area contributed by atoms with Crippen LogP contribution in [0.1, 0.15) is 19.4 Å². The number of fused-ring (bicyclic) bond motifs is 1. The SMILES string of the molecule is C1=COc2ccccc2C1.CC(C)O. The van der Waals surface area contributed by atoms with Gasteiger partial charge in [-0.25, -0.2) is 0 Å². The van der Waals surface area contributed by atoms with Crippen molar-refractivity contribution < 1.29 is 9.84 Å². The van der Waals surface area contributed by atoms with Gasteiger partial charge in [0.25, 0.3) is 0 Å². The highest BCUT2D eigenvalue weighted by Crippen LogP contribution is 2.21. The molecule has 0 bridgehead atoms. The number of benzene rings is 1. The number of allylic oxidation sites excluding steroid dienone is 1. The van der Waals surface area contributed by atoms with Crippen LogP contribution in [0.25, 0.3) is 0 Å². The lowest BCUT2D eigenvalue weighted by atomic mass is 10.1. The third kappa shape index (κ3) is 3.62. The zero-order chi connectivity index (χ0) is 10.4. The van der Waals surface area contributed by atoms with Crippen LogP contribution >= 0.6 is 0 Å². The first-order valence-corrected chi connectivity index (χ1v) is 4.78. The molecule has 0 saturated heterocycles. The summed E-state index contributed by atoms with van der Waals surface area (Å²) < 4.78 is 5.24. The predicted octanol–water partition coefficient (Wildman–Crippen LogP) is 2.52. The zero-order valence-corrected chi connectivity index (χ0v) is 8.60. The second kappa shape index (κ2) is 5.45. The maximum absolute atomic E-state index is 8.06. The molecule has 0 spiro atoms. The summed E-state index contributed by atoms with van der Waals surface area (Å²) in [5, 5.41) is 8.06. The molecule has 1 N–H and O–H groups in total. The van der Waals surface area contributed by atoms with Crippen molar-refractivity contribution in [1.29, 1.82) is 0 Å². The average molecular weight is 192 g/mol. The number of para-hydroxylation sites is 1. The van der Waals surface area contributed by atoms with E-state index in [-0.39, 0.29) is 6.10 Å². The maximum atomic E-state index is 8.06. The molecule has 2 rings (SSSR count). The monoisotopic (exact) mass is 192 g/mol. The third-order valence-electron chi connectivity index (χ3n) is 1.60. The lowest BCUT2D eigenvalue weighted by Gasteiger charge is -2.09. The molecule has 0 unspecified atom stereocenters. The van der Waals surface area contributed by atoms with Crippen molar-refractivity contribution >= 4 is 0 Å². The minimum Gasteiger partial charge on any atom is -0.465 e. The van der Waals surface area contributed by atoms with E-state index in [0.717, 1.165) is 12.2 Å². The number of aliphatic hydroxyl groups is 1. The molecule has 1 heterocycles. The van der Waals surface area contributed by atoms with Crippen LogP contribution in [0.5, 0.6) is 5.75 Å². The molecule has 2 nitrogen and oxygen atoms in total. The van der Waals surface area contributed by atoms with E-state index in [1.54, 1.807) is 20.1 Å². The molecule has 0 amide bonds. The number of rotatable bonds is 0. The quantitative estimate of drug-likeness (QED) is 0.684. The van der Waals surface area contributed by atoms with Gasteiger partial charge in [-0.15, -0.1) is 0 Å². The summed E-state index contributed by atoms with van der Waals surface area (Å²) in [7, 11) is 0. The van der Waals surface area contributed by atoms with E-state index in [9.17, 15) is 0 Å². The summed E-state index contributed by atoms with van der Waals surface area (Å²) >= 11 is 0. The number of aliphatic hydroxyl groups excluding tert-OH is 1. The Labute approximate surface area is 84.8 Å². The fourth-order valence-corrected chi connectivity index (χ4v) is 1.08. The first kappa shape index (κ1) is 10.8. The molecule has 1 aliphatic rings. The molecule has 0 saturated carbocycles. The van der Waals surface area contributed by atoms with Crippen LogP contribution in [0.2, 0.25) is 0 Å². The van der Waals surface area contributed by atoms with Gasteiger partial charge in [-0.3, -0.25) is 0 Å². The molecule has 0 aromatic heterocycles. The van der Waals surface area contributed by atoms with Crippen LogP contribution in [0.4, 0.5) is 0 Å². The topological polar surface area (TPSA) is 29.5 Å². The van der Waals surface area contributed by atoms with Crippen LogP contribution in [-0.2, 0) is 6.42 Å². The Kier molecular flexibility index (Phi) is 4.20. The van der Waals surface area contributed by atoms with Crippen molar-refractivity contribution in [2.24, 2.45) is 0 Å². The van der Waals surface area contributed by atoms with E-state index in [0.29, 0.717) is 0 Å². The Bertz CT molecular complexity index is 273. The van der Waals surface area contributed by atoms with Gasteiger partial charge in [-0.1, -0.05) is 18.2 Å². The van der Waals surface area contributed by atoms with E-state index in [4.69, 9.17) is 9.84 Å². The Morgan fingerprint density at radius 1 is 1.29 bits per heavy atom. The molecule has 1 aromatic carbocycles. The molecule has 2 heteroatoms. The Morgan fingerprint density at radius 3 is 2.57 bits per heavy atom. The van der Waals surface area contributed by atoms with E-state index in [2.05, 4.69) is 6.07 Å². The molecular formula is C12H16O2. The Hall–Kier alpha value is -1.28. The van der Waals surface area contributed by atoms with Gasteiger partial charge < -0.3 is 9.84 Å². The second-order valence-electron chi connectivity index (χ2n) is 3.40. The molecule has 0 atom stereocenters. The van der Waals surface area contributed by atoms with Gasteiger partial charge in [0.2, 0.25) is 0 Å². The van der Waals surface area contributed by atoms with Crippen LogP contribution in [0.15, 0.2) is 36.6 Å². The van der Waals surface area contributed by atoms with E-state index in [1.165, 1.54) is 5.56 Å². The van der Waals surface area contributed by atoms with Crippen molar-refractivity contribution in [3.8, 4) is 5.75 Å². The van der Waals surface area contributed by atoms with Gasteiger partial charge in [0, 0.05) is 6.10 Å². The van der Waals surface area contributed by atoms with Gasteiger partial charge in [-0.2, -0.15) is 0 Å². The number of ether oxygens (including phenoxy) is 1. The smallest absolute Gasteiger partial charge is 0.130 e. The van der Waals surface area contributed by atoms with Crippen LogP contribution < -0.4 is 4.74 Å². The summed E-state index contributed by atoms with van der Waals surface area (Å²) in [5.41, 5.74) is 1.27. The van der Waals surface area contributed by atoms with Gasteiger partial charge in [-0.05, 0) is 38.0 Å². The summed E-state index contributed by atoms with van der Waals surface area (Å²) in [6.07, 6.45) is 4.58.